The third-order valence-corrected chi connectivity index (χ3v) is 7.19. The molecular formula is C24H32ClN3O5S. The van der Waals surface area contributed by atoms with Crippen LogP contribution in [0.3, 0.4) is 0 Å². The van der Waals surface area contributed by atoms with Gasteiger partial charge in [-0.3, -0.25) is 14.0 Å². The van der Waals surface area contributed by atoms with Crippen LogP contribution in [0.5, 0.6) is 5.75 Å². The van der Waals surface area contributed by atoms with Gasteiger partial charge in [0.15, 0.2) is 0 Å². The maximum atomic E-state index is 13.1. The van der Waals surface area contributed by atoms with Gasteiger partial charge in [-0.1, -0.05) is 42.8 Å². The molecule has 2 aromatic rings. The fourth-order valence-electron chi connectivity index (χ4n) is 3.94. The van der Waals surface area contributed by atoms with Gasteiger partial charge >= 0.3 is 0 Å². The lowest BCUT2D eigenvalue weighted by Crippen LogP contribution is -2.49. The zero-order valence-corrected chi connectivity index (χ0v) is 21.4. The summed E-state index contributed by atoms with van der Waals surface area (Å²) in [4.78, 5) is 15.4. The molecule has 0 unspecified atom stereocenters. The number of hydrogen-bond acceptors (Lipinski definition) is 6. The smallest absolute Gasteiger partial charge is 0.244 e. The number of benzene rings is 2. The second-order valence-electron chi connectivity index (χ2n) is 8.22. The molecule has 34 heavy (non-hydrogen) atoms. The van der Waals surface area contributed by atoms with Crippen LogP contribution in [0.15, 0.2) is 42.5 Å². The molecule has 0 radical (unpaired) electrons. The average molecular weight is 510 g/mol. The Hall–Kier alpha value is -2.33. The Balaban J connectivity index is 1.68. The topological polar surface area (TPSA) is 88.2 Å². The lowest BCUT2D eigenvalue weighted by molar-refractivity contribution is -0.122. The Morgan fingerprint density at radius 2 is 1.82 bits per heavy atom. The van der Waals surface area contributed by atoms with Gasteiger partial charge in [-0.2, -0.15) is 0 Å². The first-order valence-corrected chi connectivity index (χ1v) is 13.4. The number of halogens is 1. The van der Waals surface area contributed by atoms with Gasteiger partial charge in [0, 0.05) is 26.2 Å². The first kappa shape index (κ1) is 26.3. The van der Waals surface area contributed by atoms with E-state index in [-0.39, 0.29) is 10.9 Å². The van der Waals surface area contributed by atoms with Crippen molar-refractivity contribution in [2.75, 3.05) is 44.0 Å². The molecule has 1 aliphatic rings. The maximum absolute atomic E-state index is 13.1. The molecule has 1 heterocycles. The summed E-state index contributed by atoms with van der Waals surface area (Å²) in [5, 5.41) is 3.15. The second kappa shape index (κ2) is 11.9. The van der Waals surface area contributed by atoms with Crippen LogP contribution in [-0.4, -0.2) is 64.9 Å². The van der Waals surface area contributed by atoms with E-state index < -0.39 is 16.1 Å². The molecule has 0 aromatic heterocycles. The van der Waals surface area contributed by atoms with Crippen molar-refractivity contribution in [2.24, 2.45) is 0 Å². The number of amides is 1. The number of carbonyl (C=O) groups excluding carboxylic acids is 1. The van der Waals surface area contributed by atoms with Gasteiger partial charge in [0.2, 0.25) is 15.9 Å². The summed E-state index contributed by atoms with van der Waals surface area (Å²) in [5.74, 6) is 0.0469. The van der Waals surface area contributed by atoms with Gasteiger partial charge in [-0.25, -0.2) is 8.42 Å². The molecule has 1 fully saturated rings. The Morgan fingerprint density at radius 1 is 1.18 bits per heavy atom. The van der Waals surface area contributed by atoms with E-state index in [0.717, 1.165) is 49.0 Å². The summed E-state index contributed by atoms with van der Waals surface area (Å²) < 4.78 is 36.9. The molecule has 8 nitrogen and oxygen atoms in total. The highest BCUT2D eigenvalue weighted by atomic mass is 35.5. The molecule has 2 aromatic carbocycles. The number of anilines is 1. The fourth-order valence-corrected chi connectivity index (χ4v) is 5.40. The van der Waals surface area contributed by atoms with Crippen molar-refractivity contribution in [3.8, 4) is 5.75 Å². The van der Waals surface area contributed by atoms with Gasteiger partial charge in [0.1, 0.15) is 11.8 Å². The standard InChI is InChI=1S/C24H32ClN3O5S/c1-4-22(28(34(3,30)31)20-9-10-23(32-2)21(25)15-20)24(29)26-16-18-5-7-19(8-6-18)17-27-11-13-33-14-12-27/h5-10,15,22H,4,11-14,16-17H2,1-3H3,(H,26,29)/t22-/m0/s1. The van der Waals surface area contributed by atoms with Gasteiger partial charge in [-0.15, -0.1) is 0 Å². The quantitative estimate of drug-likeness (QED) is 0.529. The number of sulfonamides is 1. The summed E-state index contributed by atoms with van der Waals surface area (Å²) in [5.41, 5.74) is 2.44. The molecule has 0 aliphatic carbocycles. The van der Waals surface area contributed by atoms with Gasteiger partial charge in [-0.05, 0) is 35.7 Å². The van der Waals surface area contributed by atoms with E-state index in [9.17, 15) is 13.2 Å². The van der Waals surface area contributed by atoms with E-state index in [1.165, 1.54) is 18.7 Å². The second-order valence-corrected chi connectivity index (χ2v) is 10.5. The largest absolute Gasteiger partial charge is 0.495 e. The Morgan fingerprint density at radius 3 is 2.38 bits per heavy atom. The summed E-state index contributed by atoms with van der Waals surface area (Å²) in [7, 11) is -2.28. The summed E-state index contributed by atoms with van der Waals surface area (Å²) >= 11 is 6.21. The van der Waals surface area contributed by atoms with Crippen molar-refractivity contribution in [1.29, 1.82) is 0 Å². The number of ether oxygens (including phenoxy) is 2. The van der Waals surface area contributed by atoms with Gasteiger partial charge in [0.05, 0.1) is 37.3 Å². The minimum atomic E-state index is -3.75. The van der Waals surface area contributed by atoms with Crippen LogP contribution >= 0.6 is 11.6 Å². The number of carbonyl (C=O) groups is 1. The first-order valence-electron chi connectivity index (χ1n) is 11.2. The van der Waals surface area contributed by atoms with E-state index in [1.54, 1.807) is 19.1 Å². The van der Waals surface area contributed by atoms with E-state index in [2.05, 4.69) is 22.3 Å². The summed E-state index contributed by atoms with van der Waals surface area (Å²) in [6.45, 7) is 6.30. The van der Waals surface area contributed by atoms with Crippen LogP contribution in [-0.2, 0) is 32.6 Å². The Kier molecular flexibility index (Phi) is 9.18. The zero-order valence-electron chi connectivity index (χ0n) is 19.8. The third kappa shape index (κ3) is 6.85. The van der Waals surface area contributed by atoms with E-state index in [1.807, 2.05) is 12.1 Å². The average Bonchev–Trinajstić information content (AvgIpc) is 2.81. The monoisotopic (exact) mass is 509 g/mol. The maximum Gasteiger partial charge on any atom is 0.244 e. The van der Waals surface area contributed by atoms with Crippen molar-refractivity contribution in [2.45, 2.75) is 32.5 Å². The molecule has 1 saturated heterocycles. The van der Waals surface area contributed by atoms with Crippen molar-refractivity contribution >= 4 is 33.2 Å². The Bertz CT molecular complexity index is 1070. The fraction of sp³-hybridized carbons (Fsp3) is 0.458. The molecule has 1 atom stereocenters. The molecule has 1 N–H and O–H groups in total. The van der Waals surface area contributed by atoms with Crippen LogP contribution in [0.4, 0.5) is 5.69 Å². The highest BCUT2D eigenvalue weighted by Gasteiger charge is 2.31. The third-order valence-electron chi connectivity index (χ3n) is 5.72. The molecule has 0 spiro atoms. The van der Waals surface area contributed by atoms with Crippen molar-refractivity contribution in [3.63, 3.8) is 0 Å². The molecule has 10 heteroatoms. The summed E-state index contributed by atoms with van der Waals surface area (Å²) in [6, 6.07) is 11.8. The van der Waals surface area contributed by atoms with E-state index in [4.69, 9.17) is 21.1 Å². The number of hydrogen-bond donors (Lipinski definition) is 1. The molecule has 186 valence electrons. The highest BCUT2D eigenvalue weighted by molar-refractivity contribution is 7.92. The number of methoxy groups -OCH3 is 1. The highest BCUT2D eigenvalue weighted by Crippen LogP contribution is 2.31. The molecule has 0 bridgehead atoms. The van der Waals surface area contributed by atoms with Crippen molar-refractivity contribution < 1.29 is 22.7 Å². The van der Waals surface area contributed by atoms with E-state index in [0.29, 0.717) is 24.4 Å². The van der Waals surface area contributed by atoms with E-state index >= 15 is 0 Å². The zero-order chi connectivity index (χ0) is 24.7. The minimum absolute atomic E-state index is 0.265. The Labute approximate surface area is 206 Å². The predicted molar refractivity (Wildman–Crippen MR) is 134 cm³/mol. The van der Waals surface area contributed by atoms with Crippen molar-refractivity contribution in [1.82, 2.24) is 10.2 Å². The lowest BCUT2D eigenvalue weighted by atomic mass is 10.1. The van der Waals surface area contributed by atoms with Crippen LogP contribution in [0.2, 0.25) is 5.02 Å². The van der Waals surface area contributed by atoms with Crippen LogP contribution in [0, 0.1) is 0 Å². The number of nitrogens with zero attached hydrogens (tertiary/aromatic N) is 2. The SMILES string of the molecule is CC[C@@H](C(=O)NCc1ccc(CN2CCOCC2)cc1)N(c1ccc(OC)c(Cl)c1)S(C)(=O)=O. The van der Waals surface area contributed by atoms with Crippen LogP contribution < -0.4 is 14.4 Å². The summed E-state index contributed by atoms with van der Waals surface area (Å²) in [6.07, 6.45) is 1.37. The predicted octanol–water partition coefficient (Wildman–Crippen LogP) is 3.04. The van der Waals surface area contributed by atoms with Crippen molar-refractivity contribution in [3.05, 3.63) is 58.6 Å². The number of rotatable bonds is 10. The number of nitrogens with one attached hydrogen (secondary N) is 1. The number of morpholine rings is 1. The van der Waals surface area contributed by atoms with Crippen LogP contribution in [0.1, 0.15) is 24.5 Å². The minimum Gasteiger partial charge on any atom is -0.495 e. The molecular weight excluding hydrogens is 478 g/mol. The molecule has 1 amide bonds. The lowest BCUT2D eigenvalue weighted by Gasteiger charge is -2.30. The normalized spacial score (nSPS) is 15.5. The van der Waals surface area contributed by atoms with Crippen LogP contribution in [0.25, 0.3) is 0 Å². The van der Waals surface area contributed by atoms with Gasteiger partial charge < -0.3 is 14.8 Å². The molecule has 3 rings (SSSR count). The first-order chi connectivity index (χ1) is 16.2. The molecule has 0 saturated carbocycles. The van der Waals surface area contributed by atoms with Gasteiger partial charge in [0.25, 0.3) is 0 Å². The molecule has 1 aliphatic heterocycles.